The summed E-state index contributed by atoms with van der Waals surface area (Å²) in [4.78, 5) is 29.4. The number of hydrogen-bond donors (Lipinski definition) is 1. The summed E-state index contributed by atoms with van der Waals surface area (Å²) in [5.41, 5.74) is 1.65. The molecule has 1 saturated carbocycles. The first-order valence-electron chi connectivity index (χ1n) is 9.43. The van der Waals surface area contributed by atoms with Crippen molar-refractivity contribution < 1.29 is 19.1 Å². The number of allylic oxidation sites excluding steroid dienone is 3. The summed E-state index contributed by atoms with van der Waals surface area (Å²) in [5.74, 6) is 1.60. The minimum Gasteiger partial charge on any atom is -0.492 e. The molecule has 1 aliphatic carbocycles. The molecule has 2 heterocycles. The summed E-state index contributed by atoms with van der Waals surface area (Å²) in [6.07, 6.45) is 5.97. The molecular weight excluding hydrogens is 358 g/mol. The number of ether oxygens (including phenoxy) is 2. The number of urea groups is 1. The molecule has 0 unspecified atom stereocenters. The minimum absolute atomic E-state index is 0.0686. The second-order valence-electron chi connectivity index (χ2n) is 7.36. The predicted octanol–water partition coefficient (Wildman–Crippen LogP) is 3.27. The van der Waals surface area contributed by atoms with E-state index in [2.05, 4.69) is 17.0 Å². The zero-order valence-corrected chi connectivity index (χ0v) is 16.0. The predicted molar refractivity (Wildman–Crippen MR) is 104 cm³/mol. The van der Waals surface area contributed by atoms with Gasteiger partial charge in [-0.15, -0.1) is 0 Å². The normalized spacial score (nSPS) is 22.8. The van der Waals surface area contributed by atoms with Gasteiger partial charge in [0.2, 0.25) is 5.88 Å². The Labute approximate surface area is 163 Å². The third-order valence-electron chi connectivity index (χ3n) is 5.49. The van der Waals surface area contributed by atoms with E-state index < -0.39 is 12.1 Å². The Bertz CT molecular complexity index is 914. The van der Waals surface area contributed by atoms with E-state index in [1.54, 1.807) is 19.1 Å². The number of hydrogen-bond acceptors (Lipinski definition) is 5. The highest BCUT2D eigenvalue weighted by Gasteiger charge is 2.52. The van der Waals surface area contributed by atoms with E-state index in [0.29, 0.717) is 24.5 Å². The third kappa shape index (κ3) is 2.96. The van der Waals surface area contributed by atoms with Gasteiger partial charge in [0.15, 0.2) is 0 Å². The molecule has 146 valence electrons. The molecule has 1 aromatic rings. The van der Waals surface area contributed by atoms with Crippen LogP contribution >= 0.6 is 0 Å². The number of rotatable bonds is 6. The first-order chi connectivity index (χ1) is 13.5. The Kier molecular flexibility index (Phi) is 4.45. The molecule has 4 rings (SSSR count). The van der Waals surface area contributed by atoms with Crippen molar-refractivity contribution in [3.63, 3.8) is 0 Å². The summed E-state index contributed by atoms with van der Waals surface area (Å²) in [7, 11) is 0. The molecule has 1 spiro atoms. The van der Waals surface area contributed by atoms with E-state index in [9.17, 15) is 9.59 Å². The van der Waals surface area contributed by atoms with Gasteiger partial charge in [-0.2, -0.15) is 0 Å². The zero-order valence-electron chi connectivity index (χ0n) is 16.0. The lowest BCUT2D eigenvalue weighted by Crippen LogP contribution is -2.29. The molecule has 7 heteroatoms. The van der Waals surface area contributed by atoms with Gasteiger partial charge in [0, 0.05) is 22.8 Å². The maximum absolute atomic E-state index is 12.3. The number of carbonyl (C=O) groups excluding carboxylic acids is 2. The largest absolute Gasteiger partial charge is 0.492 e. The Hall–Kier alpha value is -3.09. The Morgan fingerprint density at radius 1 is 1.43 bits per heavy atom. The quantitative estimate of drug-likeness (QED) is 0.355. The number of benzene rings is 1. The average Bonchev–Trinajstić information content (AvgIpc) is 3.29. The van der Waals surface area contributed by atoms with Crippen LogP contribution in [0.15, 0.2) is 46.9 Å². The lowest BCUT2D eigenvalue weighted by molar-refractivity contribution is -0.126. The summed E-state index contributed by atoms with van der Waals surface area (Å²) < 4.78 is 11.8. The summed E-state index contributed by atoms with van der Waals surface area (Å²) in [6.45, 7) is 7.81. The Morgan fingerprint density at radius 2 is 2.21 bits per heavy atom. The van der Waals surface area contributed by atoms with Gasteiger partial charge in [-0.3, -0.25) is 4.79 Å². The molecule has 3 aliphatic rings. The summed E-state index contributed by atoms with van der Waals surface area (Å²) in [5, 5.41) is 2.66. The molecule has 0 bridgehead atoms. The maximum atomic E-state index is 12.3. The molecular formula is C21H23N3O4. The average molecular weight is 381 g/mol. The highest BCUT2D eigenvalue weighted by Crippen LogP contribution is 2.58. The van der Waals surface area contributed by atoms with Gasteiger partial charge in [0.1, 0.15) is 17.5 Å². The van der Waals surface area contributed by atoms with Crippen LogP contribution in [0.25, 0.3) is 0 Å². The van der Waals surface area contributed by atoms with Crippen LogP contribution < -0.4 is 14.8 Å². The van der Waals surface area contributed by atoms with E-state index in [-0.39, 0.29) is 17.2 Å². The molecule has 2 aliphatic heterocycles. The van der Waals surface area contributed by atoms with Gasteiger partial charge in [0.05, 0.1) is 6.61 Å². The van der Waals surface area contributed by atoms with Gasteiger partial charge in [-0.25, -0.2) is 14.7 Å². The van der Waals surface area contributed by atoms with Crippen LogP contribution in [-0.2, 0) is 10.2 Å². The van der Waals surface area contributed by atoms with Gasteiger partial charge in [-0.05, 0) is 51.1 Å². The fraction of sp³-hybridized carbons (Fsp3) is 0.381. The monoisotopic (exact) mass is 381 g/mol. The summed E-state index contributed by atoms with van der Waals surface area (Å²) in [6, 6.07) is 4.84. The van der Waals surface area contributed by atoms with E-state index in [1.807, 2.05) is 25.1 Å². The number of nitrogens with zero attached hydrogens (tertiary/aromatic N) is 2. The van der Waals surface area contributed by atoms with Crippen molar-refractivity contribution in [3.05, 3.63) is 47.5 Å². The van der Waals surface area contributed by atoms with Crippen molar-refractivity contribution in [3.8, 4) is 11.5 Å². The highest BCUT2D eigenvalue weighted by molar-refractivity contribution is 6.05. The molecule has 1 saturated heterocycles. The van der Waals surface area contributed by atoms with Crippen molar-refractivity contribution in [1.82, 2.24) is 10.2 Å². The third-order valence-corrected chi connectivity index (χ3v) is 5.49. The van der Waals surface area contributed by atoms with E-state index in [0.717, 1.165) is 29.1 Å². The standard InChI is InChI=1S/C21H23N3O4/c1-4-14-19(25)24(20(26)23-14)13(2)8-9-17(22-3)28-16-7-5-6-15-18(16)21(10-11-21)12-27-15/h5-9,14H,3-4,10-12H2,1-2H3,(H,23,26)/b13-8+,17-9+/t14-/m1/s1. The van der Waals surface area contributed by atoms with Gasteiger partial charge < -0.3 is 14.8 Å². The molecule has 3 amide bonds. The molecule has 0 aromatic heterocycles. The fourth-order valence-corrected chi connectivity index (χ4v) is 3.71. The van der Waals surface area contributed by atoms with Gasteiger partial charge >= 0.3 is 6.03 Å². The number of fused-ring (bicyclic) bond motifs is 2. The van der Waals surface area contributed by atoms with Gasteiger partial charge in [0.25, 0.3) is 5.91 Å². The van der Waals surface area contributed by atoms with Crippen LogP contribution in [-0.4, -0.2) is 36.2 Å². The molecule has 0 radical (unpaired) electrons. The first-order valence-corrected chi connectivity index (χ1v) is 9.43. The zero-order chi connectivity index (χ0) is 19.9. The smallest absolute Gasteiger partial charge is 0.329 e. The van der Waals surface area contributed by atoms with Crippen LogP contribution in [0, 0.1) is 0 Å². The maximum Gasteiger partial charge on any atom is 0.329 e. The molecule has 1 atom stereocenters. The number of aliphatic imine (C=N–C) groups is 1. The molecule has 1 N–H and O–H groups in total. The Balaban J connectivity index is 1.56. The second-order valence-corrected chi connectivity index (χ2v) is 7.36. The van der Waals surface area contributed by atoms with Crippen LogP contribution in [0.5, 0.6) is 11.5 Å². The topological polar surface area (TPSA) is 80.2 Å². The van der Waals surface area contributed by atoms with Crippen LogP contribution in [0.3, 0.4) is 0 Å². The number of nitrogens with one attached hydrogen (secondary N) is 1. The lowest BCUT2D eigenvalue weighted by atomic mass is 9.97. The van der Waals surface area contributed by atoms with Crippen LogP contribution in [0.4, 0.5) is 4.79 Å². The Morgan fingerprint density at radius 3 is 2.86 bits per heavy atom. The van der Waals surface area contributed by atoms with Crippen molar-refractivity contribution in [2.24, 2.45) is 4.99 Å². The fourth-order valence-electron chi connectivity index (χ4n) is 3.71. The van der Waals surface area contributed by atoms with Gasteiger partial charge in [-0.1, -0.05) is 13.0 Å². The second kappa shape index (κ2) is 6.82. The summed E-state index contributed by atoms with van der Waals surface area (Å²) >= 11 is 0. The molecule has 7 nitrogen and oxygen atoms in total. The lowest BCUT2D eigenvalue weighted by Gasteiger charge is -2.14. The SMILES string of the molecule is C=N/C(=C\C=C(/C)N1C(=O)N[C@H](CC)C1=O)Oc1cccc2c1C1(CC1)CO2. The molecule has 28 heavy (non-hydrogen) atoms. The number of imide groups is 1. The highest BCUT2D eigenvalue weighted by atomic mass is 16.5. The van der Waals surface area contributed by atoms with E-state index in [4.69, 9.17) is 9.47 Å². The van der Waals surface area contributed by atoms with Crippen molar-refractivity contribution in [1.29, 1.82) is 0 Å². The number of carbonyl (C=O) groups is 2. The molecule has 2 fully saturated rings. The van der Waals surface area contributed by atoms with Crippen LogP contribution in [0.2, 0.25) is 0 Å². The molecule has 1 aromatic carbocycles. The van der Waals surface area contributed by atoms with Crippen molar-refractivity contribution in [2.45, 2.75) is 44.6 Å². The van der Waals surface area contributed by atoms with Crippen molar-refractivity contribution in [2.75, 3.05) is 6.61 Å². The van der Waals surface area contributed by atoms with E-state index >= 15 is 0 Å². The van der Waals surface area contributed by atoms with Crippen molar-refractivity contribution >= 4 is 18.7 Å². The van der Waals surface area contributed by atoms with E-state index in [1.165, 1.54) is 0 Å². The number of amides is 3. The minimum atomic E-state index is -0.477. The van der Waals surface area contributed by atoms with Crippen LogP contribution in [0.1, 0.15) is 38.7 Å². The first kappa shape index (κ1) is 18.3.